The Labute approximate surface area is 179 Å². The summed E-state index contributed by atoms with van der Waals surface area (Å²) in [5.74, 6) is 0.396. The average Bonchev–Trinajstić information content (AvgIpc) is 3.21. The van der Waals surface area contributed by atoms with Crippen molar-refractivity contribution in [3.05, 3.63) is 42.5 Å². The van der Waals surface area contributed by atoms with Crippen LogP contribution in [0.5, 0.6) is 17.2 Å². The van der Waals surface area contributed by atoms with Gasteiger partial charge in [0, 0.05) is 18.3 Å². The molecule has 11 heteroatoms. The number of hydrogen-bond donors (Lipinski definition) is 2. The van der Waals surface area contributed by atoms with Crippen LogP contribution in [0.4, 0.5) is 5.69 Å². The summed E-state index contributed by atoms with van der Waals surface area (Å²) in [6.07, 6.45) is -0.229. The summed E-state index contributed by atoms with van der Waals surface area (Å²) < 4.78 is 47.3. The number of benzene rings is 2. The lowest BCUT2D eigenvalue weighted by Gasteiger charge is -2.09. The van der Waals surface area contributed by atoms with E-state index in [-0.39, 0.29) is 24.7 Å². The van der Waals surface area contributed by atoms with E-state index in [9.17, 15) is 18.0 Å². The summed E-state index contributed by atoms with van der Waals surface area (Å²) in [6.45, 7) is 1.75. The molecule has 3 rings (SSSR count). The fourth-order valence-corrected chi connectivity index (χ4v) is 3.67. The van der Waals surface area contributed by atoms with Gasteiger partial charge in [-0.3, -0.25) is 9.59 Å². The third-order valence-electron chi connectivity index (χ3n) is 4.09. The number of carbonyl (C=O) groups excluding carboxylic acids is 2. The molecule has 0 bridgehead atoms. The number of esters is 1. The van der Waals surface area contributed by atoms with Crippen LogP contribution < -0.4 is 24.2 Å². The van der Waals surface area contributed by atoms with Gasteiger partial charge in [0.2, 0.25) is 16.8 Å². The summed E-state index contributed by atoms with van der Waals surface area (Å²) in [7, 11) is -3.78. The molecule has 2 aromatic rings. The topological polar surface area (TPSA) is 129 Å². The second-order valence-electron chi connectivity index (χ2n) is 6.33. The van der Waals surface area contributed by atoms with E-state index in [1.165, 1.54) is 12.1 Å². The summed E-state index contributed by atoms with van der Waals surface area (Å²) >= 11 is 0. The van der Waals surface area contributed by atoms with Gasteiger partial charge in [-0.05, 0) is 43.3 Å². The van der Waals surface area contributed by atoms with E-state index in [4.69, 9.17) is 18.9 Å². The van der Waals surface area contributed by atoms with Crippen LogP contribution >= 0.6 is 0 Å². The van der Waals surface area contributed by atoms with Crippen molar-refractivity contribution in [1.29, 1.82) is 0 Å². The van der Waals surface area contributed by atoms with Gasteiger partial charge < -0.3 is 24.3 Å². The van der Waals surface area contributed by atoms with Crippen molar-refractivity contribution in [2.45, 2.75) is 18.2 Å². The highest BCUT2D eigenvalue weighted by Crippen LogP contribution is 2.34. The molecule has 1 amide bonds. The molecule has 31 heavy (non-hydrogen) atoms. The van der Waals surface area contributed by atoms with Crippen molar-refractivity contribution in [3.63, 3.8) is 0 Å². The molecule has 10 nitrogen and oxygen atoms in total. The van der Waals surface area contributed by atoms with Crippen molar-refractivity contribution in [2.75, 3.05) is 31.9 Å². The predicted octanol–water partition coefficient (Wildman–Crippen LogP) is 1.66. The molecule has 0 aliphatic carbocycles. The van der Waals surface area contributed by atoms with Crippen molar-refractivity contribution in [1.82, 2.24) is 4.72 Å². The third kappa shape index (κ3) is 6.33. The van der Waals surface area contributed by atoms with E-state index in [1.54, 1.807) is 30.3 Å². The second kappa shape index (κ2) is 10.1. The molecule has 0 fully saturated rings. The minimum Gasteiger partial charge on any atom is -0.494 e. The fraction of sp³-hybridized carbons (Fsp3) is 0.300. The van der Waals surface area contributed by atoms with Crippen LogP contribution in [0.25, 0.3) is 0 Å². The number of ether oxygens (including phenoxy) is 4. The van der Waals surface area contributed by atoms with Crippen molar-refractivity contribution < 1.29 is 37.0 Å². The number of amides is 1. The maximum absolute atomic E-state index is 12.2. The maximum Gasteiger partial charge on any atom is 0.307 e. The molecule has 1 aliphatic heterocycles. The van der Waals surface area contributed by atoms with E-state index in [1.807, 2.05) is 6.92 Å². The summed E-state index contributed by atoms with van der Waals surface area (Å²) in [5, 5.41) is 2.57. The largest absolute Gasteiger partial charge is 0.494 e. The standard InChI is InChI=1S/C20H22N2O8S/c1-2-27-15-4-6-16(7-5-15)31(25,26)21-10-9-20(24)28-12-19(23)22-14-3-8-17-18(11-14)30-13-29-17/h3-8,11,21H,2,9-10,12-13H2,1H3,(H,22,23). The van der Waals surface area contributed by atoms with Crippen LogP contribution in [0, 0.1) is 0 Å². The minimum absolute atomic E-state index is 0.0485. The van der Waals surface area contributed by atoms with Crippen LogP contribution in [0.15, 0.2) is 47.4 Å². The van der Waals surface area contributed by atoms with Gasteiger partial charge in [-0.2, -0.15) is 0 Å². The zero-order valence-corrected chi connectivity index (χ0v) is 17.6. The summed E-state index contributed by atoms with van der Waals surface area (Å²) in [5.41, 5.74) is 0.466. The molecule has 0 spiro atoms. The Balaban J connectivity index is 1.39. The van der Waals surface area contributed by atoms with Gasteiger partial charge >= 0.3 is 5.97 Å². The van der Waals surface area contributed by atoms with Gasteiger partial charge in [-0.15, -0.1) is 0 Å². The Bertz CT molecular complexity index is 1040. The monoisotopic (exact) mass is 450 g/mol. The average molecular weight is 450 g/mol. The Morgan fingerprint density at radius 3 is 2.55 bits per heavy atom. The van der Waals surface area contributed by atoms with Crippen LogP contribution in [0.2, 0.25) is 0 Å². The molecule has 1 heterocycles. The highest BCUT2D eigenvalue weighted by Gasteiger charge is 2.16. The Kier molecular flexibility index (Phi) is 7.32. The molecule has 2 N–H and O–H groups in total. The smallest absolute Gasteiger partial charge is 0.307 e. The fourth-order valence-electron chi connectivity index (χ4n) is 2.64. The zero-order chi connectivity index (χ0) is 22.3. The summed E-state index contributed by atoms with van der Waals surface area (Å²) in [4.78, 5) is 23.8. The minimum atomic E-state index is -3.78. The molecule has 0 radical (unpaired) electrons. The lowest BCUT2D eigenvalue weighted by atomic mass is 10.3. The quantitative estimate of drug-likeness (QED) is 0.523. The number of sulfonamides is 1. The summed E-state index contributed by atoms with van der Waals surface area (Å²) in [6, 6.07) is 10.8. The molecule has 0 saturated heterocycles. The molecular weight excluding hydrogens is 428 g/mol. The molecule has 0 saturated carbocycles. The molecule has 0 unspecified atom stereocenters. The molecular formula is C20H22N2O8S. The van der Waals surface area contributed by atoms with Crippen LogP contribution in [-0.4, -0.2) is 46.8 Å². The number of anilines is 1. The number of nitrogens with one attached hydrogen (secondary N) is 2. The highest BCUT2D eigenvalue weighted by molar-refractivity contribution is 7.89. The first-order chi connectivity index (χ1) is 14.9. The first-order valence-corrected chi connectivity index (χ1v) is 10.9. The van der Waals surface area contributed by atoms with Gasteiger partial charge in [0.05, 0.1) is 17.9 Å². The van der Waals surface area contributed by atoms with Crippen molar-refractivity contribution in [2.24, 2.45) is 0 Å². The van der Waals surface area contributed by atoms with Gasteiger partial charge in [0.25, 0.3) is 5.91 Å². The van der Waals surface area contributed by atoms with Crippen molar-refractivity contribution in [3.8, 4) is 17.2 Å². The maximum atomic E-state index is 12.2. The van der Waals surface area contributed by atoms with E-state index in [2.05, 4.69) is 10.0 Å². The Morgan fingerprint density at radius 1 is 1.06 bits per heavy atom. The van der Waals surface area contributed by atoms with Crippen LogP contribution in [0.1, 0.15) is 13.3 Å². The number of carbonyl (C=O) groups is 2. The molecule has 1 aliphatic rings. The van der Waals surface area contributed by atoms with E-state index < -0.39 is 28.5 Å². The molecule has 2 aromatic carbocycles. The van der Waals surface area contributed by atoms with Gasteiger partial charge in [-0.25, -0.2) is 13.1 Å². The Morgan fingerprint density at radius 2 is 1.81 bits per heavy atom. The first-order valence-electron chi connectivity index (χ1n) is 9.45. The number of rotatable bonds is 10. The number of hydrogen-bond acceptors (Lipinski definition) is 8. The van der Waals surface area contributed by atoms with Gasteiger partial charge in [0.1, 0.15) is 5.75 Å². The predicted molar refractivity (Wildman–Crippen MR) is 110 cm³/mol. The molecule has 166 valence electrons. The van der Waals surface area contributed by atoms with E-state index in [0.29, 0.717) is 29.5 Å². The van der Waals surface area contributed by atoms with Crippen molar-refractivity contribution >= 4 is 27.6 Å². The first kappa shape index (κ1) is 22.4. The lowest BCUT2D eigenvalue weighted by molar-refractivity contribution is -0.147. The van der Waals surface area contributed by atoms with E-state index in [0.717, 1.165) is 0 Å². The molecule has 0 atom stereocenters. The third-order valence-corrected chi connectivity index (χ3v) is 5.56. The second-order valence-corrected chi connectivity index (χ2v) is 8.10. The normalized spacial score (nSPS) is 12.3. The van der Waals surface area contributed by atoms with Gasteiger partial charge in [0.15, 0.2) is 18.1 Å². The van der Waals surface area contributed by atoms with Crippen LogP contribution in [0.3, 0.4) is 0 Å². The highest BCUT2D eigenvalue weighted by atomic mass is 32.2. The lowest BCUT2D eigenvalue weighted by Crippen LogP contribution is -2.28. The van der Waals surface area contributed by atoms with Crippen LogP contribution in [-0.2, 0) is 24.3 Å². The zero-order valence-electron chi connectivity index (χ0n) is 16.8. The Hall–Kier alpha value is -3.31. The van der Waals surface area contributed by atoms with E-state index >= 15 is 0 Å². The molecule has 0 aromatic heterocycles. The SMILES string of the molecule is CCOc1ccc(S(=O)(=O)NCCC(=O)OCC(=O)Nc2ccc3c(c2)OCO3)cc1. The number of fused-ring (bicyclic) bond motifs is 1. The van der Waals surface area contributed by atoms with Gasteiger partial charge in [-0.1, -0.05) is 0 Å².